The molecule has 4 rings (SSSR count). The minimum absolute atomic E-state index is 0.0452. The van der Waals surface area contributed by atoms with Crippen LogP contribution in [0.4, 0.5) is 10.2 Å². The van der Waals surface area contributed by atoms with Crippen LogP contribution in [0.25, 0.3) is 21.9 Å². The maximum absolute atomic E-state index is 15.5. The van der Waals surface area contributed by atoms with Crippen LogP contribution in [0.2, 0.25) is 0 Å². The monoisotopic (exact) mass is 622 g/mol. The van der Waals surface area contributed by atoms with Gasteiger partial charge in [-0.15, -0.1) is 0 Å². The summed E-state index contributed by atoms with van der Waals surface area (Å²) in [5, 5.41) is 0.939. The number of nitrogen functional groups attached to an aromatic ring is 1. The number of methoxy groups -OCH3 is 1. The van der Waals surface area contributed by atoms with Crippen LogP contribution in [0, 0.1) is 5.82 Å². The molecule has 0 saturated carbocycles. The van der Waals surface area contributed by atoms with Gasteiger partial charge in [-0.25, -0.2) is 19.2 Å². The molecule has 11 nitrogen and oxygen atoms in total. The summed E-state index contributed by atoms with van der Waals surface area (Å²) in [5.41, 5.74) is 8.94. The highest BCUT2D eigenvalue weighted by atomic mass is 19.1. The Morgan fingerprint density at radius 1 is 1.04 bits per heavy atom. The highest BCUT2D eigenvalue weighted by molar-refractivity contribution is 6.06. The van der Waals surface area contributed by atoms with Crippen molar-refractivity contribution >= 4 is 39.6 Å². The minimum Gasteiger partial charge on any atom is -0.479 e. The first-order valence-corrected chi connectivity index (χ1v) is 15.4. The number of fused-ring (bicyclic) bond motifs is 3. The number of anilines is 1. The Hall–Kier alpha value is -4.29. The van der Waals surface area contributed by atoms with Gasteiger partial charge in [0.15, 0.2) is 24.0 Å². The van der Waals surface area contributed by atoms with Gasteiger partial charge in [-0.2, -0.15) is 0 Å². The van der Waals surface area contributed by atoms with Crippen LogP contribution < -0.4 is 10.5 Å². The summed E-state index contributed by atoms with van der Waals surface area (Å²) in [6.07, 6.45) is 1.15. The van der Waals surface area contributed by atoms with Gasteiger partial charge in [0.05, 0.1) is 30.8 Å². The Morgan fingerprint density at radius 2 is 1.82 bits per heavy atom. The number of rotatable bonds is 17. The number of hydrogen-bond acceptors (Lipinski definition) is 9. The smallest absolute Gasteiger partial charge is 0.344 e. The lowest BCUT2D eigenvalue weighted by Gasteiger charge is -2.27. The Labute approximate surface area is 263 Å². The summed E-state index contributed by atoms with van der Waals surface area (Å²) in [4.78, 5) is 38.4. The topological polar surface area (TPSA) is 125 Å². The fraction of sp³-hybridized carbons (Fsp3) is 0.455. The number of nitrogens with two attached hydrogens (primary N) is 1. The first-order valence-electron chi connectivity index (χ1n) is 15.4. The van der Waals surface area contributed by atoms with Gasteiger partial charge in [0.1, 0.15) is 11.3 Å². The van der Waals surface area contributed by atoms with Gasteiger partial charge in [-0.3, -0.25) is 9.69 Å². The summed E-state index contributed by atoms with van der Waals surface area (Å²) in [6.45, 7) is 8.58. The van der Waals surface area contributed by atoms with Gasteiger partial charge in [0, 0.05) is 44.1 Å². The van der Waals surface area contributed by atoms with Crippen molar-refractivity contribution in [2.45, 2.75) is 46.7 Å². The number of aryl methyl sites for hydroxylation is 1. The number of para-hydroxylation sites is 1. The number of carbonyl (C=O) groups is 2. The van der Waals surface area contributed by atoms with Crippen LogP contribution >= 0.6 is 0 Å². The van der Waals surface area contributed by atoms with Crippen molar-refractivity contribution < 1.29 is 28.2 Å². The van der Waals surface area contributed by atoms with Crippen LogP contribution in [0.3, 0.4) is 0 Å². The molecule has 0 radical (unpaired) electrons. The maximum Gasteiger partial charge on any atom is 0.344 e. The second-order valence-corrected chi connectivity index (χ2v) is 10.6. The molecule has 2 heterocycles. The average Bonchev–Trinajstić information content (AvgIpc) is 3.41. The predicted octanol–water partition coefficient (Wildman–Crippen LogP) is 4.20. The quantitative estimate of drug-likeness (QED) is 0.173. The molecular formula is C33H43FN6O5. The third-order valence-electron chi connectivity index (χ3n) is 7.69. The number of pyridine rings is 1. The lowest BCUT2D eigenvalue weighted by molar-refractivity contribution is -0.145. The van der Waals surface area contributed by atoms with Crippen molar-refractivity contribution in [1.82, 2.24) is 24.3 Å². The van der Waals surface area contributed by atoms with E-state index in [0.717, 1.165) is 22.2 Å². The summed E-state index contributed by atoms with van der Waals surface area (Å²) >= 11 is 0. The van der Waals surface area contributed by atoms with E-state index >= 15 is 4.39 Å². The lowest BCUT2D eigenvalue weighted by Crippen LogP contribution is -2.40. The van der Waals surface area contributed by atoms with Gasteiger partial charge in [-0.1, -0.05) is 44.2 Å². The second-order valence-electron chi connectivity index (χ2n) is 10.6. The summed E-state index contributed by atoms with van der Waals surface area (Å²) in [7, 11) is 1.65. The Morgan fingerprint density at radius 3 is 2.56 bits per heavy atom. The maximum atomic E-state index is 15.5. The van der Waals surface area contributed by atoms with Gasteiger partial charge in [-0.05, 0) is 38.6 Å². The van der Waals surface area contributed by atoms with Gasteiger partial charge < -0.3 is 29.4 Å². The van der Waals surface area contributed by atoms with Crippen LogP contribution in [-0.2, 0) is 38.6 Å². The summed E-state index contributed by atoms with van der Waals surface area (Å²) in [5.74, 6) is -0.194. The number of imidazole rings is 1. The van der Waals surface area contributed by atoms with Crippen LogP contribution in [0.5, 0.6) is 5.75 Å². The third kappa shape index (κ3) is 8.25. The Kier molecular flexibility index (Phi) is 12.1. The highest BCUT2D eigenvalue weighted by Gasteiger charge is 2.22. The van der Waals surface area contributed by atoms with E-state index in [4.69, 9.17) is 24.9 Å². The van der Waals surface area contributed by atoms with Crippen molar-refractivity contribution in [3.05, 3.63) is 59.7 Å². The molecule has 12 heteroatoms. The molecule has 0 aliphatic heterocycles. The molecule has 0 aliphatic carbocycles. The van der Waals surface area contributed by atoms with Crippen molar-refractivity contribution in [3.8, 4) is 5.75 Å². The van der Waals surface area contributed by atoms with E-state index in [1.807, 2.05) is 43.0 Å². The molecule has 242 valence electrons. The SMILES string of the molecule is CCOC(=O)COc1cccc(CN(CCCn2c(CCOC)nc3c(N)nc4ccccc4c32)C(=O)CN(CC)CC)c1F. The number of nitrogens with zero attached hydrogens (tertiary/aromatic N) is 5. The van der Waals surface area contributed by atoms with E-state index < -0.39 is 18.4 Å². The van der Waals surface area contributed by atoms with E-state index in [2.05, 4.69) is 9.55 Å². The molecule has 2 aromatic carbocycles. The highest BCUT2D eigenvalue weighted by Crippen LogP contribution is 2.29. The Balaban J connectivity index is 1.60. The predicted molar refractivity (Wildman–Crippen MR) is 171 cm³/mol. The molecule has 45 heavy (non-hydrogen) atoms. The average molecular weight is 623 g/mol. The molecule has 0 saturated heterocycles. The van der Waals surface area contributed by atoms with Crippen molar-refractivity contribution in [3.63, 3.8) is 0 Å². The summed E-state index contributed by atoms with van der Waals surface area (Å²) in [6, 6.07) is 12.5. The van der Waals surface area contributed by atoms with Crippen LogP contribution in [0.15, 0.2) is 42.5 Å². The number of aromatic nitrogens is 3. The summed E-state index contributed by atoms with van der Waals surface area (Å²) < 4.78 is 33.3. The third-order valence-corrected chi connectivity index (χ3v) is 7.69. The molecule has 2 N–H and O–H groups in total. The van der Waals surface area contributed by atoms with E-state index in [-0.39, 0.29) is 31.4 Å². The first kappa shape index (κ1) is 33.6. The molecule has 0 bridgehead atoms. The number of ether oxygens (including phenoxy) is 3. The van der Waals surface area contributed by atoms with E-state index in [0.29, 0.717) is 62.5 Å². The molecular weight excluding hydrogens is 579 g/mol. The normalized spacial score (nSPS) is 11.4. The molecule has 4 aromatic rings. The number of hydrogen-bond donors (Lipinski definition) is 1. The zero-order valence-electron chi connectivity index (χ0n) is 26.6. The standard InChI is InChI=1S/C33H43FN6O5/c1-5-38(6-2)21-28(41)39(20-23-12-10-15-26(30(23)34)45-22-29(42)44-7-3)17-11-18-40-27(16-19-43-4)37-31-32(40)24-13-8-9-14-25(24)36-33(31)35/h8-10,12-15H,5-7,11,16-22H2,1-4H3,(H2,35,36). The number of benzene rings is 2. The van der Waals surface area contributed by atoms with Crippen LogP contribution in [-0.4, -0.2) is 89.3 Å². The molecule has 1 amide bonds. The molecule has 0 spiro atoms. The van der Waals surface area contributed by atoms with Crippen molar-refractivity contribution in [2.24, 2.45) is 0 Å². The van der Waals surface area contributed by atoms with Crippen molar-refractivity contribution in [1.29, 1.82) is 0 Å². The van der Waals surface area contributed by atoms with E-state index in [1.165, 1.54) is 6.07 Å². The van der Waals surface area contributed by atoms with Gasteiger partial charge in [0.25, 0.3) is 0 Å². The van der Waals surface area contributed by atoms with E-state index in [9.17, 15) is 9.59 Å². The molecule has 2 aromatic heterocycles. The Bertz CT molecular complexity index is 1610. The lowest BCUT2D eigenvalue weighted by atomic mass is 10.1. The zero-order chi connectivity index (χ0) is 32.3. The minimum atomic E-state index is -0.612. The zero-order valence-corrected chi connectivity index (χ0v) is 26.6. The van der Waals surface area contributed by atoms with E-state index in [1.54, 1.807) is 31.1 Å². The van der Waals surface area contributed by atoms with Gasteiger partial charge in [0.2, 0.25) is 5.91 Å². The molecule has 0 unspecified atom stereocenters. The number of esters is 1. The molecule has 0 atom stereocenters. The largest absolute Gasteiger partial charge is 0.479 e. The molecule has 0 aliphatic rings. The number of halogens is 1. The fourth-order valence-corrected chi connectivity index (χ4v) is 5.31. The fourth-order valence-electron chi connectivity index (χ4n) is 5.31. The van der Waals surface area contributed by atoms with Gasteiger partial charge >= 0.3 is 5.97 Å². The number of likely N-dealkylation sites (N-methyl/N-ethyl adjacent to an activating group) is 1. The number of amides is 1. The van der Waals surface area contributed by atoms with Crippen LogP contribution in [0.1, 0.15) is 38.6 Å². The molecule has 0 fully saturated rings. The van der Waals surface area contributed by atoms with Crippen molar-refractivity contribution in [2.75, 3.05) is 58.8 Å². The number of carbonyl (C=O) groups excluding carboxylic acids is 2. The first-order chi connectivity index (χ1) is 21.8. The second kappa shape index (κ2) is 16.1.